The Kier molecular flexibility index (Phi) is 5.45. The van der Waals surface area contributed by atoms with Crippen LogP contribution < -0.4 is 0 Å². The van der Waals surface area contributed by atoms with Gasteiger partial charge in [0.25, 0.3) is 0 Å². The van der Waals surface area contributed by atoms with Crippen molar-refractivity contribution in [3.05, 3.63) is 54.1 Å². The maximum absolute atomic E-state index is 6.03. The lowest BCUT2D eigenvalue weighted by Crippen LogP contribution is -2.41. The van der Waals surface area contributed by atoms with Crippen molar-refractivity contribution in [3.8, 4) is 0 Å². The summed E-state index contributed by atoms with van der Waals surface area (Å²) in [6, 6.07) is 8.81. The van der Waals surface area contributed by atoms with E-state index in [-0.39, 0.29) is 0 Å². The molecule has 1 unspecified atom stereocenters. The van der Waals surface area contributed by atoms with Crippen LogP contribution in [0.2, 0.25) is 0 Å². The molecule has 0 aromatic carbocycles. The van der Waals surface area contributed by atoms with Gasteiger partial charge >= 0.3 is 0 Å². The molecular weight excluding hydrogens is 314 g/mol. The zero-order chi connectivity index (χ0) is 16.9. The van der Waals surface area contributed by atoms with Crippen molar-refractivity contribution in [2.45, 2.75) is 32.0 Å². The number of aromatic nitrogens is 2. The van der Waals surface area contributed by atoms with Crippen molar-refractivity contribution in [1.29, 1.82) is 0 Å². The summed E-state index contributed by atoms with van der Waals surface area (Å²) in [5, 5.41) is 0. The summed E-state index contributed by atoms with van der Waals surface area (Å²) in [5.74, 6) is 0.772. The standard InChI is InChI=1S/C20H27N3O2/c1-2-19-13-22(12-17-5-10-24-11-6-17)14-20(23(19)9-1)16-25-15-18-3-7-21-8-4-18/h1-4,7-9,17,20H,5-6,10-16H2. The predicted octanol–water partition coefficient (Wildman–Crippen LogP) is 2.88. The van der Waals surface area contributed by atoms with Gasteiger partial charge in [0.1, 0.15) is 0 Å². The van der Waals surface area contributed by atoms with E-state index in [9.17, 15) is 0 Å². The van der Waals surface area contributed by atoms with E-state index in [0.29, 0.717) is 12.6 Å². The molecule has 4 heterocycles. The Balaban J connectivity index is 1.35. The molecule has 0 bridgehead atoms. The number of hydrogen-bond donors (Lipinski definition) is 0. The first kappa shape index (κ1) is 16.8. The van der Waals surface area contributed by atoms with Crippen molar-refractivity contribution >= 4 is 0 Å². The molecule has 1 atom stereocenters. The van der Waals surface area contributed by atoms with Gasteiger partial charge in [0.2, 0.25) is 0 Å². The Morgan fingerprint density at radius 2 is 2.00 bits per heavy atom. The second kappa shape index (κ2) is 8.13. The third kappa shape index (κ3) is 4.29. The maximum atomic E-state index is 6.03. The molecule has 0 spiro atoms. The number of fused-ring (bicyclic) bond motifs is 1. The first-order chi connectivity index (χ1) is 12.4. The Bertz CT molecular complexity index is 652. The number of hydrogen-bond acceptors (Lipinski definition) is 4. The van der Waals surface area contributed by atoms with Gasteiger partial charge in [0.05, 0.1) is 19.3 Å². The van der Waals surface area contributed by atoms with Crippen LogP contribution in [0.15, 0.2) is 42.9 Å². The van der Waals surface area contributed by atoms with Crippen LogP contribution in [0.5, 0.6) is 0 Å². The molecule has 134 valence electrons. The fourth-order valence-electron chi connectivity index (χ4n) is 3.96. The van der Waals surface area contributed by atoms with Gasteiger partial charge in [0.15, 0.2) is 0 Å². The topological polar surface area (TPSA) is 39.5 Å². The van der Waals surface area contributed by atoms with E-state index >= 15 is 0 Å². The molecule has 2 aliphatic rings. The van der Waals surface area contributed by atoms with Gasteiger partial charge in [-0.3, -0.25) is 9.88 Å². The zero-order valence-corrected chi connectivity index (χ0v) is 14.7. The average molecular weight is 341 g/mol. The first-order valence-corrected chi connectivity index (χ1v) is 9.31. The predicted molar refractivity (Wildman–Crippen MR) is 96.2 cm³/mol. The first-order valence-electron chi connectivity index (χ1n) is 9.31. The SMILES string of the molecule is c1cc2n(c1)C(COCc1ccncc1)CN(CC1CCOCC1)C2. The minimum absolute atomic E-state index is 0.389. The number of rotatable bonds is 6. The van der Waals surface area contributed by atoms with Crippen LogP contribution in [-0.4, -0.2) is 47.4 Å². The van der Waals surface area contributed by atoms with Crippen LogP contribution in [0.4, 0.5) is 0 Å². The highest BCUT2D eigenvalue weighted by molar-refractivity contribution is 5.12. The molecule has 5 heteroatoms. The van der Waals surface area contributed by atoms with Crippen LogP contribution in [0.3, 0.4) is 0 Å². The molecule has 25 heavy (non-hydrogen) atoms. The zero-order valence-electron chi connectivity index (χ0n) is 14.7. The molecule has 1 saturated heterocycles. The highest BCUT2D eigenvalue weighted by atomic mass is 16.5. The Morgan fingerprint density at radius 3 is 2.84 bits per heavy atom. The fraction of sp³-hybridized carbons (Fsp3) is 0.550. The minimum atomic E-state index is 0.389. The van der Waals surface area contributed by atoms with Gasteiger partial charge in [-0.15, -0.1) is 0 Å². The van der Waals surface area contributed by atoms with Crippen molar-refractivity contribution in [2.75, 3.05) is 32.9 Å². The monoisotopic (exact) mass is 341 g/mol. The van der Waals surface area contributed by atoms with E-state index in [0.717, 1.165) is 38.8 Å². The average Bonchev–Trinajstić information content (AvgIpc) is 3.12. The quantitative estimate of drug-likeness (QED) is 0.810. The second-order valence-electron chi connectivity index (χ2n) is 7.18. The molecular formula is C20H27N3O2. The van der Waals surface area contributed by atoms with E-state index in [1.807, 2.05) is 24.5 Å². The summed E-state index contributed by atoms with van der Waals surface area (Å²) in [5.41, 5.74) is 2.58. The van der Waals surface area contributed by atoms with E-state index in [1.165, 1.54) is 30.6 Å². The van der Waals surface area contributed by atoms with Crippen molar-refractivity contribution in [3.63, 3.8) is 0 Å². The van der Waals surface area contributed by atoms with Gasteiger partial charge in [-0.25, -0.2) is 0 Å². The molecule has 0 radical (unpaired) electrons. The van der Waals surface area contributed by atoms with Crippen molar-refractivity contribution in [1.82, 2.24) is 14.5 Å². The van der Waals surface area contributed by atoms with Crippen LogP contribution in [0.1, 0.15) is 30.1 Å². The molecule has 0 aliphatic carbocycles. The van der Waals surface area contributed by atoms with Gasteiger partial charge in [-0.1, -0.05) is 0 Å². The summed E-state index contributed by atoms with van der Waals surface area (Å²) >= 11 is 0. The third-order valence-corrected chi connectivity index (χ3v) is 5.30. The third-order valence-electron chi connectivity index (χ3n) is 5.30. The molecule has 1 fully saturated rings. The smallest absolute Gasteiger partial charge is 0.0719 e. The molecule has 5 nitrogen and oxygen atoms in total. The molecule has 2 aromatic heterocycles. The van der Waals surface area contributed by atoms with E-state index in [2.05, 4.69) is 32.8 Å². The summed E-state index contributed by atoms with van der Waals surface area (Å²) in [7, 11) is 0. The van der Waals surface area contributed by atoms with Crippen molar-refractivity contribution < 1.29 is 9.47 Å². The normalized spacial score (nSPS) is 22.0. The molecule has 0 saturated carbocycles. The second-order valence-corrected chi connectivity index (χ2v) is 7.18. The molecule has 0 amide bonds. The van der Waals surface area contributed by atoms with Crippen molar-refractivity contribution in [2.24, 2.45) is 5.92 Å². The van der Waals surface area contributed by atoms with Gasteiger partial charge in [-0.2, -0.15) is 0 Å². The lowest BCUT2D eigenvalue weighted by molar-refractivity contribution is 0.0313. The van der Waals surface area contributed by atoms with Crippen LogP contribution in [-0.2, 0) is 22.6 Å². The van der Waals surface area contributed by atoms with Crippen LogP contribution in [0, 0.1) is 5.92 Å². The van der Waals surface area contributed by atoms with Gasteiger partial charge in [0, 0.05) is 57.1 Å². The Hall–Kier alpha value is -1.69. The summed E-state index contributed by atoms with van der Waals surface area (Å²) in [6.07, 6.45) is 8.22. The largest absolute Gasteiger partial charge is 0.381 e. The number of ether oxygens (including phenoxy) is 2. The highest BCUT2D eigenvalue weighted by Crippen LogP contribution is 2.25. The molecule has 2 aliphatic heterocycles. The van der Waals surface area contributed by atoms with Crippen LogP contribution >= 0.6 is 0 Å². The maximum Gasteiger partial charge on any atom is 0.0719 e. The Morgan fingerprint density at radius 1 is 1.16 bits per heavy atom. The van der Waals surface area contributed by atoms with Crippen LogP contribution in [0.25, 0.3) is 0 Å². The molecule has 4 rings (SSSR count). The van der Waals surface area contributed by atoms with E-state index in [4.69, 9.17) is 9.47 Å². The number of pyridine rings is 1. The summed E-state index contributed by atoms with van der Waals surface area (Å²) in [6.45, 7) is 6.53. The Labute approximate surface area is 149 Å². The number of nitrogens with zero attached hydrogens (tertiary/aromatic N) is 3. The van der Waals surface area contributed by atoms with Gasteiger partial charge < -0.3 is 14.0 Å². The lowest BCUT2D eigenvalue weighted by atomic mass is 9.99. The fourth-order valence-corrected chi connectivity index (χ4v) is 3.96. The summed E-state index contributed by atoms with van der Waals surface area (Å²) < 4.78 is 13.9. The molecule has 2 aromatic rings. The highest BCUT2D eigenvalue weighted by Gasteiger charge is 2.26. The van der Waals surface area contributed by atoms with E-state index in [1.54, 1.807) is 0 Å². The molecule has 0 N–H and O–H groups in total. The minimum Gasteiger partial charge on any atom is -0.381 e. The summed E-state index contributed by atoms with van der Waals surface area (Å²) in [4.78, 5) is 6.66. The lowest BCUT2D eigenvalue weighted by Gasteiger charge is -2.37. The van der Waals surface area contributed by atoms with Gasteiger partial charge in [-0.05, 0) is 48.6 Å². The van der Waals surface area contributed by atoms with E-state index < -0.39 is 0 Å².